The second-order valence-corrected chi connectivity index (χ2v) is 12.3. The van der Waals surface area contributed by atoms with Gasteiger partial charge in [0.25, 0.3) is 0 Å². The van der Waals surface area contributed by atoms with Gasteiger partial charge in [-0.05, 0) is 73.0 Å². The first-order chi connectivity index (χ1) is 16.4. The number of hydrogen-bond acceptors (Lipinski definition) is 4. The Balaban J connectivity index is -0.000000122. The summed E-state index contributed by atoms with van der Waals surface area (Å²) in [6.07, 6.45) is 3.07. The summed E-state index contributed by atoms with van der Waals surface area (Å²) in [5.74, 6) is 4.15. The van der Waals surface area contributed by atoms with E-state index in [0.717, 1.165) is 25.7 Å². The summed E-state index contributed by atoms with van der Waals surface area (Å²) >= 11 is 0. The Labute approximate surface area is 249 Å². The molecule has 8 unspecified atom stereocenters. The molecule has 0 rings (SSSR count). The van der Waals surface area contributed by atoms with Crippen LogP contribution in [-0.2, 0) is 21.7 Å². The van der Waals surface area contributed by atoms with Gasteiger partial charge < -0.3 is 20.4 Å². The summed E-state index contributed by atoms with van der Waals surface area (Å²) in [6, 6.07) is 0. The number of aliphatic hydroxyl groups is 4. The van der Waals surface area contributed by atoms with Crippen LogP contribution < -0.4 is 0 Å². The molecule has 0 radical (unpaired) electrons. The Hall–Kier alpha value is 0.554. The molecule has 0 fully saturated rings. The molecular formula is C32H72O4Ti. The summed E-state index contributed by atoms with van der Waals surface area (Å²) < 4.78 is 0. The molecule has 0 spiro atoms. The van der Waals surface area contributed by atoms with E-state index in [2.05, 4.69) is 83.1 Å². The van der Waals surface area contributed by atoms with Gasteiger partial charge in [0.1, 0.15) is 0 Å². The average molecular weight is 569 g/mol. The van der Waals surface area contributed by atoms with Crippen molar-refractivity contribution in [3.05, 3.63) is 0 Å². The Morgan fingerprint density at radius 2 is 0.432 bits per heavy atom. The van der Waals surface area contributed by atoms with Gasteiger partial charge in [0.2, 0.25) is 0 Å². The molecule has 0 aromatic heterocycles. The molecule has 0 bridgehead atoms. The number of aliphatic hydroxyl groups excluding tert-OH is 4. The molecular weight excluding hydrogens is 496 g/mol. The van der Waals surface area contributed by atoms with Gasteiger partial charge in [0, 0.05) is 21.7 Å². The van der Waals surface area contributed by atoms with Crippen LogP contribution in [0.2, 0.25) is 0 Å². The molecule has 8 atom stereocenters. The fraction of sp³-hybridized carbons (Fsp3) is 1.00. The summed E-state index contributed by atoms with van der Waals surface area (Å²) in [4.78, 5) is 0. The van der Waals surface area contributed by atoms with Crippen LogP contribution in [-0.4, -0.2) is 44.8 Å². The van der Waals surface area contributed by atoms with Crippen molar-refractivity contribution in [3.8, 4) is 0 Å². The van der Waals surface area contributed by atoms with Crippen LogP contribution in [0.5, 0.6) is 0 Å². The zero-order chi connectivity index (χ0) is 29.8. The van der Waals surface area contributed by atoms with E-state index in [-0.39, 0.29) is 46.1 Å². The summed E-state index contributed by atoms with van der Waals surface area (Å²) in [6.45, 7) is 33.6. The molecule has 0 aromatic rings. The SMILES string of the molecule is CCC(O)C(C)C(C)C.CCC(O)C(C)C(C)C.CCC(O)C(C)C(C)C.CCC(O)C(C)C(C)C.[Ti]. The fourth-order valence-electron chi connectivity index (χ4n) is 3.26. The third-order valence-corrected chi connectivity index (χ3v) is 8.31. The van der Waals surface area contributed by atoms with Gasteiger partial charge in [-0.2, -0.15) is 0 Å². The van der Waals surface area contributed by atoms with E-state index in [1.807, 2.05) is 27.7 Å². The van der Waals surface area contributed by atoms with Gasteiger partial charge in [-0.1, -0.05) is 111 Å². The molecule has 0 saturated carbocycles. The first-order valence-electron chi connectivity index (χ1n) is 15.1. The van der Waals surface area contributed by atoms with E-state index < -0.39 is 0 Å². The molecule has 5 heteroatoms. The first kappa shape index (κ1) is 47.3. The van der Waals surface area contributed by atoms with E-state index in [1.54, 1.807) is 0 Å². The molecule has 228 valence electrons. The third kappa shape index (κ3) is 26.5. The van der Waals surface area contributed by atoms with Gasteiger partial charge in [-0.3, -0.25) is 0 Å². The maximum Gasteiger partial charge on any atom is 0.0565 e. The largest absolute Gasteiger partial charge is 0.393 e. The Kier molecular flexibility index (Phi) is 36.0. The third-order valence-electron chi connectivity index (χ3n) is 8.31. The molecule has 0 saturated heterocycles. The summed E-state index contributed by atoms with van der Waals surface area (Å²) in [5, 5.41) is 37.2. The van der Waals surface area contributed by atoms with E-state index in [9.17, 15) is 20.4 Å². The Morgan fingerprint density at radius 1 is 0.324 bits per heavy atom. The molecule has 0 amide bonds. The molecule has 4 N–H and O–H groups in total. The molecule has 37 heavy (non-hydrogen) atoms. The van der Waals surface area contributed by atoms with Crippen LogP contribution in [0.1, 0.15) is 136 Å². The fourth-order valence-corrected chi connectivity index (χ4v) is 3.26. The predicted molar refractivity (Wildman–Crippen MR) is 161 cm³/mol. The first-order valence-corrected chi connectivity index (χ1v) is 15.1. The van der Waals surface area contributed by atoms with Crippen LogP contribution in [0.3, 0.4) is 0 Å². The van der Waals surface area contributed by atoms with Crippen molar-refractivity contribution in [1.82, 2.24) is 0 Å². The van der Waals surface area contributed by atoms with E-state index in [1.165, 1.54) is 0 Å². The van der Waals surface area contributed by atoms with Gasteiger partial charge >= 0.3 is 0 Å². The topological polar surface area (TPSA) is 80.9 Å². The standard InChI is InChI=1S/4C8H18O.Ti/c4*1-5-8(9)7(4)6(2)3;/h4*6-9H,5H2,1-4H3;. The minimum absolute atomic E-state index is 0. The van der Waals surface area contributed by atoms with E-state index in [0.29, 0.717) is 47.3 Å². The molecule has 0 heterocycles. The quantitative estimate of drug-likeness (QED) is 0.179. The van der Waals surface area contributed by atoms with Crippen LogP contribution in [0.15, 0.2) is 0 Å². The van der Waals surface area contributed by atoms with Crippen LogP contribution in [0.25, 0.3) is 0 Å². The average Bonchev–Trinajstić information content (AvgIpc) is 2.85. The van der Waals surface area contributed by atoms with E-state index >= 15 is 0 Å². The summed E-state index contributed by atoms with van der Waals surface area (Å²) in [5.41, 5.74) is 0. The van der Waals surface area contributed by atoms with Gasteiger partial charge in [0.15, 0.2) is 0 Å². The molecule has 0 aliphatic heterocycles. The molecule has 0 aliphatic carbocycles. The smallest absolute Gasteiger partial charge is 0.0565 e. The second-order valence-electron chi connectivity index (χ2n) is 12.3. The van der Waals surface area contributed by atoms with Gasteiger partial charge in [0.05, 0.1) is 24.4 Å². The maximum absolute atomic E-state index is 9.30. The monoisotopic (exact) mass is 568 g/mol. The van der Waals surface area contributed by atoms with Crippen molar-refractivity contribution >= 4 is 0 Å². The summed E-state index contributed by atoms with van der Waals surface area (Å²) in [7, 11) is 0. The molecule has 4 nitrogen and oxygen atoms in total. The van der Waals surface area contributed by atoms with Crippen LogP contribution in [0.4, 0.5) is 0 Å². The van der Waals surface area contributed by atoms with Crippen LogP contribution in [0, 0.1) is 47.3 Å². The minimum atomic E-state index is -0.106. The van der Waals surface area contributed by atoms with Crippen molar-refractivity contribution < 1.29 is 42.1 Å². The van der Waals surface area contributed by atoms with Crippen molar-refractivity contribution in [2.75, 3.05) is 0 Å². The minimum Gasteiger partial charge on any atom is -0.393 e. The van der Waals surface area contributed by atoms with Crippen molar-refractivity contribution in [1.29, 1.82) is 0 Å². The van der Waals surface area contributed by atoms with Crippen molar-refractivity contribution in [2.24, 2.45) is 47.3 Å². The van der Waals surface area contributed by atoms with Crippen molar-refractivity contribution in [3.63, 3.8) is 0 Å². The Morgan fingerprint density at radius 3 is 0.459 bits per heavy atom. The number of hydrogen-bond donors (Lipinski definition) is 4. The van der Waals surface area contributed by atoms with E-state index in [4.69, 9.17) is 0 Å². The zero-order valence-electron chi connectivity index (χ0n) is 28.0. The molecule has 0 aromatic carbocycles. The maximum atomic E-state index is 9.30. The normalized spacial score (nSPS) is 17.5. The Bertz CT molecular complexity index is 363. The van der Waals surface area contributed by atoms with Gasteiger partial charge in [-0.15, -0.1) is 0 Å². The van der Waals surface area contributed by atoms with Gasteiger partial charge in [-0.25, -0.2) is 0 Å². The predicted octanol–water partition coefficient (Wildman–Crippen LogP) is 8.20. The van der Waals surface area contributed by atoms with Crippen molar-refractivity contribution in [2.45, 2.75) is 161 Å². The van der Waals surface area contributed by atoms with Crippen LogP contribution >= 0.6 is 0 Å². The zero-order valence-corrected chi connectivity index (χ0v) is 29.6. The molecule has 0 aliphatic rings. The second kappa shape index (κ2) is 28.1. The number of rotatable bonds is 12.